The first-order chi connectivity index (χ1) is 4.81. The molecule has 0 amide bonds. The first-order valence-corrected chi connectivity index (χ1v) is 4.06. The van der Waals surface area contributed by atoms with E-state index >= 15 is 0 Å². The van der Waals surface area contributed by atoms with Gasteiger partial charge in [-0.1, -0.05) is 37.5 Å². The highest BCUT2D eigenvalue weighted by Crippen LogP contribution is 1.87. The molecule has 0 bridgehead atoms. The monoisotopic (exact) mass is 154 g/mol. The Morgan fingerprint density at radius 2 is 1.40 bits per heavy atom. The molecule has 0 aliphatic heterocycles. The van der Waals surface area contributed by atoms with Crippen molar-refractivity contribution in [1.82, 2.24) is 0 Å². The second-order valence-corrected chi connectivity index (χ2v) is 2.66. The van der Waals surface area contributed by atoms with Crippen LogP contribution in [0.5, 0.6) is 0 Å². The van der Waals surface area contributed by atoms with Crippen molar-refractivity contribution < 1.29 is 4.21 Å². The molecular weight excluding hydrogens is 144 g/mol. The number of hydrogen-bond acceptors (Lipinski definition) is 1. The van der Waals surface area contributed by atoms with Gasteiger partial charge in [-0.3, -0.25) is 4.21 Å². The van der Waals surface area contributed by atoms with Crippen LogP contribution in [0.3, 0.4) is 0 Å². The summed E-state index contributed by atoms with van der Waals surface area (Å²) in [5.74, 6) is 0. The van der Waals surface area contributed by atoms with Crippen molar-refractivity contribution in [3.05, 3.63) is 48.3 Å². The minimum absolute atomic E-state index is 1.02. The Balaban J connectivity index is 3.85. The topological polar surface area (TPSA) is 17.1 Å². The Kier molecular flexibility index (Phi) is 5.68. The highest BCUT2D eigenvalue weighted by molar-refractivity contribution is 7.90. The fourth-order valence-corrected chi connectivity index (χ4v) is 0.934. The van der Waals surface area contributed by atoms with Gasteiger partial charge in [0.15, 0.2) is 0 Å². The predicted molar refractivity (Wildman–Crippen MR) is 46.8 cm³/mol. The maximum absolute atomic E-state index is 10.8. The van der Waals surface area contributed by atoms with E-state index in [1.54, 1.807) is 35.1 Å². The Hall–Kier alpha value is -0.890. The van der Waals surface area contributed by atoms with Crippen LogP contribution in [0.25, 0.3) is 0 Å². The Bertz CT molecular complexity index is 169. The zero-order chi connectivity index (χ0) is 7.82. The van der Waals surface area contributed by atoms with Crippen molar-refractivity contribution in [2.45, 2.75) is 0 Å². The van der Waals surface area contributed by atoms with E-state index in [0.29, 0.717) is 0 Å². The zero-order valence-corrected chi connectivity index (χ0v) is 6.51. The maximum atomic E-state index is 10.8. The van der Waals surface area contributed by atoms with Gasteiger partial charge in [0.25, 0.3) is 0 Å². The fourth-order valence-electron chi connectivity index (χ4n) is 0.311. The number of hydrogen-bond donors (Lipinski definition) is 0. The quantitative estimate of drug-likeness (QED) is 0.567. The van der Waals surface area contributed by atoms with Crippen LogP contribution in [0.4, 0.5) is 0 Å². The average molecular weight is 154 g/mol. The SMILES string of the molecule is C=CC=CS(=O)C=CC=C. The molecule has 0 aliphatic carbocycles. The zero-order valence-electron chi connectivity index (χ0n) is 5.69. The molecule has 0 fully saturated rings. The van der Waals surface area contributed by atoms with E-state index in [1.165, 1.54) is 0 Å². The number of rotatable bonds is 4. The fraction of sp³-hybridized carbons (Fsp3) is 0. The van der Waals surface area contributed by atoms with Crippen LogP contribution in [-0.2, 0) is 10.8 Å². The van der Waals surface area contributed by atoms with Crippen molar-refractivity contribution in [2.75, 3.05) is 0 Å². The Labute approximate surface area is 63.9 Å². The van der Waals surface area contributed by atoms with Gasteiger partial charge in [0.2, 0.25) is 0 Å². The van der Waals surface area contributed by atoms with Gasteiger partial charge < -0.3 is 0 Å². The summed E-state index contributed by atoms with van der Waals surface area (Å²) in [6.07, 6.45) is 6.45. The smallest absolute Gasteiger partial charge is 0.0702 e. The molecule has 10 heavy (non-hydrogen) atoms. The number of allylic oxidation sites excluding steroid dienone is 4. The lowest BCUT2D eigenvalue weighted by Crippen LogP contribution is -1.72. The molecule has 54 valence electrons. The molecule has 0 aromatic carbocycles. The Morgan fingerprint density at radius 1 is 1.00 bits per heavy atom. The molecule has 0 heterocycles. The summed E-state index contributed by atoms with van der Waals surface area (Å²) in [7, 11) is -1.02. The van der Waals surface area contributed by atoms with Gasteiger partial charge in [0, 0.05) is 10.8 Å². The molecule has 0 unspecified atom stereocenters. The van der Waals surface area contributed by atoms with E-state index < -0.39 is 10.8 Å². The van der Waals surface area contributed by atoms with Crippen molar-refractivity contribution in [1.29, 1.82) is 0 Å². The van der Waals surface area contributed by atoms with Crippen molar-refractivity contribution in [3.63, 3.8) is 0 Å². The van der Waals surface area contributed by atoms with Crippen LogP contribution in [0, 0.1) is 0 Å². The molecule has 0 aliphatic rings. The van der Waals surface area contributed by atoms with Crippen LogP contribution in [-0.4, -0.2) is 4.21 Å². The van der Waals surface area contributed by atoms with E-state index in [2.05, 4.69) is 13.2 Å². The van der Waals surface area contributed by atoms with Gasteiger partial charge in [-0.25, -0.2) is 0 Å². The summed E-state index contributed by atoms with van der Waals surface area (Å²) in [6.45, 7) is 6.89. The van der Waals surface area contributed by atoms with E-state index in [-0.39, 0.29) is 0 Å². The van der Waals surface area contributed by atoms with Gasteiger partial charge in [-0.15, -0.1) is 0 Å². The van der Waals surface area contributed by atoms with E-state index in [1.807, 2.05) is 0 Å². The molecular formula is C8H10OS. The van der Waals surface area contributed by atoms with Gasteiger partial charge in [0.1, 0.15) is 0 Å². The largest absolute Gasteiger partial charge is 0.250 e. The summed E-state index contributed by atoms with van der Waals surface area (Å²) in [5.41, 5.74) is 0. The summed E-state index contributed by atoms with van der Waals surface area (Å²) < 4.78 is 10.8. The first-order valence-electron chi connectivity index (χ1n) is 2.79. The van der Waals surface area contributed by atoms with E-state index in [9.17, 15) is 4.21 Å². The molecule has 0 saturated heterocycles. The summed E-state index contributed by atoms with van der Waals surface area (Å²) in [4.78, 5) is 0. The minimum atomic E-state index is -1.02. The van der Waals surface area contributed by atoms with Crippen LogP contribution in [0.15, 0.2) is 48.3 Å². The van der Waals surface area contributed by atoms with Crippen molar-refractivity contribution in [3.8, 4) is 0 Å². The normalized spacial score (nSPS) is 14.0. The lowest BCUT2D eigenvalue weighted by Gasteiger charge is -1.78. The minimum Gasteiger partial charge on any atom is -0.250 e. The van der Waals surface area contributed by atoms with Gasteiger partial charge in [-0.2, -0.15) is 0 Å². The van der Waals surface area contributed by atoms with Crippen LogP contribution in [0.1, 0.15) is 0 Å². The third-order valence-corrected chi connectivity index (χ3v) is 1.55. The van der Waals surface area contributed by atoms with Gasteiger partial charge in [-0.05, 0) is 0 Å². The highest BCUT2D eigenvalue weighted by atomic mass is 32.2. The molecule has 0 aromatic rings. The molecule has 1 nitrogen and oxygen atoms in total. The molecule has 0 radical (unpaired) electrons. The molecule has 2 heteroatoms. The summed E-state index contributed by atoms with van der Waals surface area (Å²) >= 11 is 0. The lowest BCUT2D eigenvalue weighted by molar-refractivity contribution is 0.693. The van der Waals surface area contributed by atoms with E-state index in [4.69, 9.17) is 0 Å². The standard InChI is InChI=1S/C8H10OS/c1-3-5-7-10(9)8-6-4-2/h3-8H,1-2H2. The van der Waals surface area contributed by atoms with E-state index in [0.717, 1.165) is 0 Å². The predicted octanol–water partition coefficient (Wildman–Crippen LogP) is 2.13. The molecule has 0 atom stereocenters. The molecule has 0 rings (SSSR count). The first kappa shape index (κ1) is 9.11. The second kappa shape index (κ2) is 6.23. The second-order valence-electron chi connectivity index (χ2n) is 1.46. The summed E-state index contributed by atoms with van der Waals surface area (Å²) in [5, 5.41) is 3.10. The lowest BCUT2D eigenvalue weighted by atomic mass is 10.6. The molecule has 0 spiro atoms. The summed E-state index contributed by atoms with van der Waals surface area (Å²) in [6, 6.07) is 0. The third kappa shape index (κ3) is 5.25. The molecule has 0 saturated carbocycles. The van der Waals surface area contributed by atoms with Crippen molar-refractivity contribution >= 4 is 10.8 Å². The van der Waals surface area contributed by atoms with Crippen LogP contribution < -0.4 is 0 Å². The third-order valence-electron chi connectivity index (χ3n) is 0.698. The van der Waals surface area contributed by atoms with Gasteiger partial charge in [0.05, 0.1) is 10.8 Å². The average Bonchev–Trinajstić information content (AvgIpc) is 1.97. The highest BCUT2D eigenvalue weighted by Gasteiger charge is 1.79. The molecule has 0 aromatic heterocycles. The van der Waals surface area contributed by atoms with Crippen molar-refractivity contribution in [2.24, 2.45) is 0 Å². The van der Waals surface area contributed by atoms with Gasteiger partial charge >= 0.3 is 0 Å². The Morgan fingerprint density at radius 3 is 1.70 bits per heavy atom. The molecule has 0 N–H and O–H groups in total. The maximum Gasteiger partial charge on any atom is 0.0702 e. The van der Waals surface area contributed by atoms with Crippen LogP contribution >= 0.6 is 0 Å². The van der Waals surface area contributed by atoms with Crippen LogP contribution in [0.2, 0.25) is 0 Å².